The van der Waals surface area contributed by atoms with Gasteiger partial charge in [-0.3, -0.25) is 0 Å². The second-order valence-electron chi connectivity index (χ2n) is 4.92. The Kier molecular flexibility index (Phi) is 8.83. The van der Waals surface area contributed by atoms with E-state index < -0.39 is 69.1 Å². The van der Waals surface area contributed by atoms with Crippen molar-refractivity contribution in [3.63, 3.8) is 0 Å². The fraction of sp³-hybridized carbons (Fsp3) is 0. The Morgan fingerprint density at radius 1 is 0.483 bits per heavy atom. The summed E-state index contributed by atoms with van der Waals surface area (Å²) in [6.45, 7) is 0. The summed E-state index contributed by atoms with van der Waals surface area (Å²) >= 11 is 0. The van der Waals surface area contributed by atoms with Crippen LogP contribution in [0.25, 0.3) is 0 Å². The summed E-state index contributed by atoms with van der Waals surface area (Å²) < 4.78 is 0. The molecule has 148 valence electrons. The van der Waals surface area contributed by atoms with Crippen LogP contribution in [0.1, 0.15) is 41.4 Å². The van der Waals surface area contributed by atoms with Crippen LogP contribution in [0, 0.1) is 0 Å². The molecule has 0 bridgehead atoms. The maximum Gasteiger partial charge on any atom is 4.00 e. The van der Waals surface area contributed by atoms with Gasteiger partial charge in [-0.2, -0.15) is 0 Å². The van der Waals surface area contributed by atoms with Gasteiger partial charge in [0.05, 0.1) is 23.9 Å². The minimum atomic E-state index is -1.72. The SMILES string of the molecule is O=C([O-])c1cc(O)c(C(=O)[O-])cc1O.O=C([O-])c1cc(O)c(C(=O)[O-])cc1O.[Zr+4]. The zero-order chi connectivity index (χ0) is 21.8. The number of carboxylic acid groups (broad SMARTS) is 4. The van der Waals surface area contributed by atoms with Crippen molar-refractivity contribution in [2.75, 3.05) is 0 Å². The molecule has 0 aliphatic carbocycles. The minimum Gasteiger partial charge on any atom is -0.545 e. The van der Waals surface area contributed by atoms with E-state index in [1.165, 1.54) is 0 Å². The van der Waals surface area contributed by atoms with Gasteiger partial charge in [0.25, 0.3) is 0 Å². The van der Waals surface area contributed by atoms with Crippen molar-refractivity contribution in [3.8, 4) is 23.0 Å². The largest absolute Gasteiger partial charge is 4.00 e. The van der Waals surface area contributed by atoms with Crippen molar-refractivity contribution >= 4 is 23.9 Å². The summed E-state index contributed by atoms with van der Waals surface area (Å²) in [7, 11) is 0. The van der Waals surface area contributed by atoms with Crippen LogP contribution in [0.4, 0.5) is 0 Å². The molecule has 0 heterocycles. The molecule has 0 atom stereocenters. The van der Waals surface area contributed by atoms with E-state index in [1.54, 1.807) is 0 Å². The third kappa shape index (κ3) is 6.21. The number of carboxylic acids is 4. The van der Waals surface area contributed by atoms with Crippen molar-refractivity contribution in [1.82, 2.24) is 0 Å². The van der Waals surface area contributed by atoms with Gasteiger partial charge in [-0.05, 0) is 24.3 Å². The van der Waals surface area contributed by atoms with E-state index in [0.29, 0.717) is 24.3 Å². The van der Waals surface area contributed by atoms with Gasteiger partial charge in [-0.25, -0.2) is 0 Å². The fourth-order valence-electron chi connectivity index (χ4n) is 1.81. The number of hydrogen-bond donors (Lipinski definition) is 4. The molecular weight excluding hydrogens is 475 g/mol. The van der Waals surface area contributed by atoms with Crippen LogP contribution in [0.3, 0.4) is 0 Å². The Labute approximate surface area is 179 Å². The quantitative estimate of drug-likeness (QED) is 0.302. The van der Waals surface area contributed by atoms with Crippen molar-refractivity contribution in [1.29, 1.82) is 0 Å². The number of aromatic hydroxyl groups is 4. The molecule has 0 radical (unpaired) electrons. The van der Waals surface area contributed by atoms with Crippen molar-refractivity contribution in [2.45, 2.75) is 0 Å². The summed E-state index contributed by atoms with van der Waals surface area (Å²) in [4.78, 5) is 41.2. The Morgan fingerprint density at radius 3 is 0.724 bits per heavy atom. The summed E-state index contributed by atoms with van der Waals surface area (Å²) in [5, 5.41) is 77.3. The predicted molar refractivity (Wildman–Crippen MR) is 76.9 cm³/mol. The van der Waals surface area contributed by atoms with E-state index in [0.717, 1.165) is 0 Å². The number of phenols is 4. The zero-order valence-electron chi connectivity index (χ0n) is 13.9. The van der Waals surface area contributed by atoms with Crippen molar-refractivity contribution in [3.05, 3.63) is 46.5 Å². The number of carbonyl (C=O) groups excluding carboxylic acids is 4. The van der Waals surface area contributed by atoms with Gasteiger partial charge in [-0.15, -0.1) is 0 Å². The smallest absolute Gasteiger partial charge is 0.545 e. The van der Waals surface area contributed by atoms with Gasteiger partial charge in [-0.1, -0.05) is 0 Å². The summed E-state index contributed by atoms with van der Waals surface area (Å²) in [5.74, 6) is -10.1. The topological polar surface area (TPSA) is 241 Å². The molecule has 0 saturated heterocycles. The molecule has 2 aromatic rings. The summed E-state index contributed by atoms with van der Waals surface area (Å²) in [6, 6.07) is 2.32. The normalized spacial score (nSPS) is 9.38. The molecular formula is C16H8O12Zr. The van der Waals surface area contributed by atoms with Crippen LogP contribution >= 0.6 is 0 Å². The van der Waals surface area contributed by atoms with Crippen LogP contribution < -0.4 is 20.4 Å². The van der Waals surface area contributed by atoms with E-state index >= 15 is 0 Å². The minimum absolute atomic E-state index is 0. The molecule has 2 rings (SSSR count). The van der Waals surface area contributed by atoms with Crippen molar-refractivity contribution < 1.29 is 86.2 Å². The Bertz CT molecular complexity index is 823. The first-order valence-corrected chi connectivity index (χ1v) is 6.84. The van der Waals surface area contributed by atoms with Crippen molar-refractivity contribution in [2.24, 2.45) is 0 Å². The number of aromatic carboxylic acids is 4. The van der Waals surface area contributed by atoms with Crippen LogP contribution in [0.15, 0.2) is 24.3 Å². The average molecular weight is 483 g/mol. The Hall–Kier alpha value is -3.60. The molecule has 0 saturated carbocycles. The zero-order valence-corrected chi connectivity index (χ0v) is 16.3. The summed E-state index contributed by atoms with van der Waals surface area (Å²) in [6.07, 6.45) is 0. The monoisotopic (exact) mass is 482 g/mol. The molecule has 2 aromatic carbocycles. The average Bonchev–Trinajstić information content (AvgIpc) is 2.57. The first-order valence-electron chi connectivity index (χ1n) is 6.84. The molecule has 0 aliphatic heterocycles. The second kappa shape index (κ2) is 10.1. The molecule has 29 heavy (non-hydrogen) atoms. The molecule has 12 nitrogen and oxygen atoms in total. The van der Waals surface area contributed by atoms with Gasteiger partial charge in [0.2, 0.25) is 0 Å². The van der Waals surface area contributed by atoms with Gasteiger partial charge in [0, 0.05) is 22.3 Å². The van der Waals surface area contributed by atoms with Gasteiger partial charge < -0.3 is 60.0 Å². The fourth-order valence-corrected chi connectivity index (χ4v) is 1.81. The maximum atomic E-state index is 10.3. The second-order valence-corrected chi connectivity index (χ2v) is 4.92. The first-order chi connectivity index (χ1) is 12.9. The van der Waals surface area contributed by atoms with E-state index in [1.807, 2.05) is 0 Å². The molecule has 0 amide bonds. The van der Waals surface area contributed by atoms with E-state index in [-0.39, 0.29) is 26.2 Å². The van der Waals surface area contributed by atoms with Crippen LogP contribution in [-0.4, -0.2) is 44.3 Å². The third-order valence-corrected chi connectivity index (χ3v) is 3.11. The number of benzene rings is 2. The van der Waals surface area contributed by atoms with E-state index in [4.69, 9.17) is 20.4 Å². The van der Waals surface area contributed by atoms with Crippen LogP contribution in [0.5, 0.6) is 23.0 Å². The van der Waals surface area contributed by atoms with Gasteiger partial charge >= 0.3 is 26.2 Å². The molecule has 0 fully saturated rings. The molecule has 0 unspecified atom stereocenters. The molecule has 4 N–H and O–H groups in total. The van der Waals surface area contributed by atoms with Gasteiger partial charge in [0.15, 0.2) is 0 Å². The standard InChI is InChI=1S/2C8H6O6.Zr/c2*9-5-1-3(7(11)12)6(10)2-4(5)8(13)14;/h2*1-2,9-10H,(H,11,12)(H,13,14);/q;;+4/p-4. The number of carbonyl (C=O) groups is 4. The molecule has 13 heteroatoms. The van der Waals surface area contributed by atoms with Gasteiger partial charge in [0.1, 0.15) is 23.0 Å². The first kappa shape index (κ1) is 25.4. The maximum absolute atomic E-state index is 10.3. The van der Waals surface area contributed by atoms with E-state index in [2.05, 4.69) is 0 Å². The summed E-state index contributed by atoms with van der Waals surface area (Å²) in [5.41, 5.74) is -2.75. The molecule has 0 aromatic heterocycles. The van der Waals surface area contributed by atoms with Crippen LogP contribution in [-0.2, 0) is 26.2 Å². The third-order valence-electron chi connectivity index (χ3n) is 3.11. The number of rotatable bonds is 4. The Morgan fingerprint density at radius 2 is 0.621 bits per heavy atom. The number of hydrogen-bond acceptors (Lipinski definition) is 12. The van der Waals surface area contributed by atoms with Crippen LogP contribution in [0.2, 0.25) is 0 Å². The Balaban J connectivity index is 0.000000523. The van der Waals surface area contributed by atoms with E-state index in [9.17, 15) is 39.6 Å². The molecule has 0 spiro atoms. The molecule has 0 aliphatic rings. The predicted octanol–water partition coefficient (Wildman–Crippen LogP) is -4.35.